The van der Waals surface area contributed by atoms with Gasteiger partial charge in [-0.3, -0.25) is 0 Å². The second-order valence-electron chi connectivity index (χ2n) is 6.77. The van der Waals surface area contributed by atoms with Gasteiger partial charge in [0.25, 0.3) is 0 Å². The molecule has 0 spiro atoms. The molecule has 1 aliphatic heterocycles. The lowest BCUT2D eigenvalue weighted by molar-refractivity contribution is -0.0103. The average molecular weight is 269 g/mol. The van der Waals surface area contributed by atoms with E-state index in [2.05, 4.69) is 25.7 Å². The SMILES string of the molecule is CCN(CC1CCCO1)CC1C(C)CC(C)CC1O. The van der Waals surface area contributed by atoms with Crippen LogP contribution in [-0.4, -0.2) is 48.5 Å². The van der Waals surface area contributed by atoms with Gasteiger partial charge >= 0.3 is 0 Å². The van der Waals surface area contributed by atoms with E-state index in [0.29, 0.717) is 23.9 Å². The summed E-state index contributed by atoms with van der Waals surface area (Å²) < 4.78 is 5.74. The molecular formula is C16H31NO2. The fourth-order valence-electron chi connectivity index (χ4n) is 3.88. The number of ether oxygens (including phenoxy) is 1. The van der Waals surface area contributed by atoms with Crippen LogP contribution in [0.1, 0.15) is 46.5 Å². The molecule has 1 aliphatic carbocycles. The molecule has 5 unspecified atom stereocenters. The Hall–Kier alpha value is -0.120. The van der Waals surface area contributed by atoms with Gasteiger partial charge in [0.1, 0.15) is 0 Å². The molecule has 0 amide bonds. The van der Waals surface area contributed by atoms with Crippen molar-refractivity contribution in [1.82, 2.24) is 4.90 Å². The van der Waals surface area contributed by atoms with E-state index in [9.17, 15) is 5.11 Å². The molecule has 1 heterocycles. The zero-order chi connectivity index (χ0) is 13.8. The third kappa shape index (κ3) is 4.17. The Kier molecular flexibility index (Phi) is 5.67. The van der Waals surface area contributed by atoms with Crippen molar-refractivity contribution in [2.24, 2.45) is 17.8 Å². The van der Waals surface area contributed by atoms with Crippen LogP contribution in [0.15, 0.2) is 0 Å². The molecule has 0 aromatic carbocycles. The topological polar surface area (TPSA) is 32.7 Å². The van der Waals surface area contributed by atoms with Crippen molar-refractivity contribution in [3.05, 3.63) is 0 Å². The molecule has 0 aromatic heterocycles. The van der Waals surface area contributed by atoms with E-state index in [4.69, 9.17) is 4.74 Å². The predicted molar refractivity (Wildman–Crippen MR) is 78.1 cm³/mol. The van der Waals surface area contributed by atoms with Crippen molar-refractivity contribution < 1.29 is 9.84 Å². The van der Waals surface area contributed by atoms with E-state index in [1.54, 1.807) is 0 Å². The third-order valence-corrected chi connectivity index (χ3v) is 5.05. The molecule has 2 rings (SSSR count). The molecule has 0 radical (unpaired) electrons. The average Bonchev–Trinajstić information content (AvgIpc) is 2.84. The van der Waals surface area contributed by atoms with Crippen LogP contribution in [-0.2, 0) is 4.74 Å². The number of aliphatic hydroxyl groups is 1. The Balaban J connectivity index is 1.85. The van der Waals surface area contributed by atoms with Gasteiger partial charge in [0, 0.05) is 25.6 Å². The summed E-state index contributed by atoms with van der Waals surface area (Å²) in [5.41, 5.74) is 0. The summed E-state index contributed by atoms with van der Waals surface area (Å²) in [6.45, 7) is 10.9. The van der Waals surface area contributed by atoms with Crippen molar-refractivity contribution >= 4 is 0 Å². The molecule has 3 heteroatoms. The highest BCUT2D eigenvalue weighted by molar-refractivity contribution is 4.85. The van der Waals surface area contributed by atoms with Crippen molar-refractivity contribution in [2.45, 2.75) is 58.7 Å². The first-order valence-corrected chi connectivity index (χ1v) is 8.12. The first-order chi connectivity index (χ1) is 9.10. The van der Waals surface area contributed by atoms with Crippen LogP contribution < -0.4 is 0 Å². The summed E-state index contributed by atoms with van der Waals surface area (Å²) in [6, 6.07) is 0. The van der Waals surface area contributed by atoms with Gasteiger partial charge in [0.2, 0.25) is 0 Å². The lowest BCUT2D eigenvalue weighted by Crippen LogP contribution is -2.44. The Morgan fingerprint density at radius 1 is 1.21 bits per heavy atom. The Bertz CT molecular complexity index is 253. The van der Waals surface area contributed by atoms with E-state index in [-0.39, 0.29) is 6.10 Å². The number of hydrogen-bond donors (Lipinski definition) is 1. The van der Waals surface area contributed by atoms with Crippen LogP contribution in [0.25, 0.3) is 0 Å². The summed E-state index contributed by atoms with van der Waals surface area (Å²) in [7, 11) is 0. The van der Waals surface area contributed by atoms with Crippen molar-refractivity contribution in [3.8, 4) is 0 Å². The smallest absolute Gasteiger partial charge is 0.0702 e. The second-order valence-corrected chi connectivity index (χ2v) is 6.77. The second kappa shape index (κ2) is 7.05. The minimum absolute atomic E-state index is 0.114. The van der Waals surface area contributed by atoms with Crippen LogP contribution >= 0.6 is 0 Å². The van der Waals surface area contributed by atoms with Gasteiger partial charge < -0.3 is 14.7 Å². The maximum Gasteiger partial charge on any atom is 0.0702 e. The van der Waals surface area contributed by atoms with Gasteiger partial charge in [0.05, 0.1) is 12.2 Å². The first-order valence-electron chi connectivity index (χ1n) is 8.12. The molecular weight excluding hydrogens is 238 g/mol. The van der Waals surface area contributed by atoms with Crippen molar-refractivity contribution in [2.75, 3.05) is 26.2 Å². The Morgan fingerprint density at radius 3 is 2.58 bits per heavy atom. The molecule has 2 fully saturated rings. The van der Waals surface area contributed by atoms with E-state index in [1.807, 2.05) is 0 Å². The van der Waals surface area contributed by atoms with Crippen molar-refractivity contribution in [1.29, 1.82) is 0 Å². The molecule has 1 saturated carbocycles. The molecule has 0 aromatic rings. The maximum absolute atomic E-state index is 10.4. The summed E-state index contributed by atoms with van der Waals surface area (Å²) in [5, 5.41) is 10.4. The van der Waals surface area contributed by atoms with Crippen LogP contribution in [0, 0.1) is 17.8 Å². The number of aliphatic hydroxyl groups excluding tert-OH is 1. The number of likely N-dealkylation sites (N-methyl/N-ethyl adjacent to an activating group) is 1. The lowest BCUT2D eigenvalue weighted by Gasteiger charge is -2.40. The molecule has 1 saturated heterocycles. The van der Waals surface area contributed by atoms with Gasteiger partial charge in [-0.15, -0.1) is 0 Å². The zero-order valence-corrected chi connectivity index (χ0v) is 12.8. The highest BCUT2D eigenvalue weighted by Gasteiger charge is 2.34. The highest BCUT2D eigenvalue weighted by atomic mass is 16.5. The minimum Gasteiger partial charge on any atom is -0.393 e. The number of hydrogen-bond acceptors (Lipinski definition) is 3. The fraction of sp³-hybridized carbons (Fsp3) is 1.00. The first kappa shape index (κ1) is 15.3. The largest absolute Gasteiger partial charge is 0.393 e. The lowest BCUT2D eigenvalue weighted by atomic mass is 9.73. The van der Waals surface area contributed by atoms with Gasteiger partial charge in [-0.25, -0.2) is 0 Å². The predicted octanol–water partition coefficient (Wildman–Crippen LogP) is 2.53. The quantitative estimate of drug-likeness (QED) is 0.832. The standard InChI is InChI=1S/C16H31NO2/c1-4-17(10-14-6-5-7-19-14)11-15-13(3)8-12(2)9-16(15)18/h12-16,18H,4-11H2,1-3H3. The van der Waals surface area contributed by atoms with Crippen molar-refractivity contribution in [3.63, 3.8) is 0 Å². The highest BCUT2D eigenvalue weighted by Crippen LogP contribution is 2.34. The van der Waals surface area contributed by atoms with Crippen LogP contribution in [0.5, 0.6) is 0 Å². The van der Waals surface area contributed by atoms with E-state index < -0.39 is 0 Å². The molecule has 1 N–H and O–H groups in total. The summed E-state index contributed by atoms with van der Waals surface area (Å²) in [5.74, 6) is 1.75. The van der Waals surface area contributed by atoms with Gasteiger partial charge in [-0.1, -0.05) is 20.8 Å². The third-order valence-electron chi connectivity index (χ3n) is 5.05. The monoisotopic (exact) mass is 269 g/mol. The molecule has 112 valence electrons. The normalized spacial score (nSPS) is 39.9. The van der Waals surface area contributed by atoms with Gasteiger partial charge in [-0.05, 0) is 44.1 Å². The van der Waals surface area contributed by atoms with Crippen LogP contribution in [0.3, 0.4) is 0 Å². The molecule has 0 bridgehead atoms. The molecule has 5 atom stereocenters. The minimum atomic E-state index is -0.114. The van der Waals surface area contributed by atoms with E-state index in [0.717, 1.165) is 32.7 Å². The molecule has 2 aliphatic rings. The van der Waals surface area contributed by atoms with Gasteiger partial charge in [-0.2, -0.15) is 0 Å². The van der Waals surface area contributed by atoms with Crippen LogP contribution in [0.4, 0.5) is 0 Å². The Morgan fingerprint density at radius 2 is 2.00 bits per heavy atom. The number of rotatable bonds is 5. The summed E-state index contributed by atoms with van der Waals surface area (Å²) in [4.78, 5) is 2.48. The number of nitrogens with zero attached hydrogens (tertiary/aromatic N) is 1. The summed E-state index contributed by atoms with van der Waals surface area (Å²) >= 11 is 0. The zero-order valence-electron chi connectivity index (χ0n) is 12.8. The summed E-state index contributed by atoms with van der Waals surface area (Å²) in [6.07, 6.45) is 4.97. The fourth-order valence-corrected chi connectivity index (χ4v) is 3.88. The molecule has 19 heavy (non-hydrogen) atoms. The Labute approximate surface area is 118 Å². The molecule has 3 nitrogen and oxygen atoms in total. The van der Waals surface area contributed by atoms with E-state index >= 15 is 0 Å². The van der Waals surface area contributed by atoms with Gasteiger partial charge in [0.15, 0.2) is 0 Å². The van der Waals surface area contributed by atoms with E-state index in [1.165, 1.54) is 19.3 Å². The van der Waals surface area contributed by atoms with Crippen LogP contribution in [0.2, 0.25) is 0 Å². The maximum atomic E-state index is 10.4.